The molecule has 136 valence electrons. The highest BCUT2D eigenvalue weighted by atomic mass is 32.2. The van der Waals surface area contributed by atoms with E-state index in [0.29, 0.717) is 25.4 Å². The van der Waals surface area contributed by atoms with Crippen LogP contribution in [0.2, 0.25) is 0 Å². The first-order valence-corrected chi connectivity index (χ1v) is 10.6. The molecule has 1 aliphatic rings. The van der Waals surface area contributed by atoms with Crippen molar-refractivity contribution in [2.75, 3.05) is 24.6 Å². The number of thiophene rings is 1. The van der Waals surface area contributed by atoms with Gasteiger partial charge in [0.2, 0.25) is 10.0 Å². The molecule has 9 heteroatoms. The Morgan fingerprint density at radius 1 is 1.23 bits per heavy atom. The zero-order valence-corrected chi connectivity index (χ0v) is 15.8. The number of hydrogen-bond acceptors (Lipinski definition) is 7. The van der Waals surface area contributed by atoms with Crippen LogP contribution in [0.25, 0.3) is 10.2 Å². The van der Waals surface area contributed by atoms with Crippen molar-refractivity contribution >= 4 is 37.4 Å². The highest BCUT2D eigenvalue weighted by molar-refractivity contribution is 7.89. The molecule has 1 fully saturated rings. The average Bonchev–Trinajstić information content (AvgIpc) is 3.07. The predicted molar refractivity (Wildman–Crippen MR) is 101 cm³/mol. The Bertz CT molecular complexity index is 1010. The first-order valence-electron chi connectivity index (χ1n) is 8.25. The molecule has 2 aromatic heterocycles. The molecule has 0 amide bonds. The van der Waals surface area contributed by atoms with Crippen molar-refractivity contribution in [2.24, 2.45) is 0 Å². The molecule has 0 atom stereocenters. The molecule has 0 bridgehead atoms. The van der Waals surface area contributed by atoms with Crippen molar-refractivity contribution in [3.63, 3.8) is 0 Å². The van der Waals surface area contributed by atoms with Gasteiger partial charge in [0.1, 0.15) is 17.9 Å². The SMILES string of the molecule is CCOc1ccc(S(=O)(=O)NC2CN(c3ncnc4ccsc34)C2)cc1. The fraction of sp³-hybridized carbons (Fsp3) is 0.294. The van der Waals surface area contributed by atoms with Crippen LogP contribution in [0, 0.1) is 0 Å². The van der Waals surface area contributed by atoms with Gasteiger partial charge in [-0.15, -0.1) is 11.3 Å². The number of sulfonamides is 1. The number of benzene rings is 1. The lowest BCUT2D eigenvalue weighted by Gasteiger charge is -2.40. The molecular formula is C17H18N4O3S2. The van der Waals surface area contributed by atoms with Gasteiger partial charge < -0.3 is 9.64 Å². The summed E-state index contributed by atoms with van der Waals surface area (Å²) in [7, 11) is -3.55. The van der Waals surface area contributed by atoms with Gasteiger partial charge in [-0.1, -0.05) is 0 Å². The van der Waals surface area contributed by atoms with E-state index >= 15 is 0 Å². The first-order chi connectivity index (χ1) is 12.6. The smallest absolute Gasteiger partial charge is 0.240 e. The maximum atomic E-state index is 12.5. The van der Waals surface area contributed by atoms with Crippen molar-refractivity contribution in [2.45, 2.75) is 17.9 Å². The van der Waals surface area contributed by atoms with E-state index in [1.807, 2.05) is 18.4 Å². The molecule has 3 heterocycles. The minimum atomic E-state index is -3.55. The Balaban J connectivity index is 1.42. The van der Waals surface area contributed by atoms with E-state index in [9.17, 15) is 8.42 Å². The van der Waals surface area contributed by atoms with Crippen LogP contribution in [0.1, 0.15) is 6.92 Å². The van der Waals surface area contributed by atoms with Gasteiger partial charge in [0, 0.05) is 13.1 Å². The third-order valence-electron chi connectivity index (χ3n) is 4.17. The lowest BCUT2D eigenvalue weighted by Crippen LogP contribution is -2.59. The van der Waals surface area contributed by atoms with Crippen molar-refractivity contribution in [3.05, 3.63) is 42.0 Å². The third-order valence-corrected chi connectivity index (χ3v) is 6.61. The van der Waals surface area contributed by atoms with Crippen LogP contribution in [0.15, 0.2) is 46.9 Å². The second kappa shape index (κ2) is 6.82. The van der Waals surface area contributed by atoms with Crippen LogP contribution >= 0.6 is 11.3 Å². The lowest BCUT2D eigenvalue weighted by atomic mass is 10.1. The van der Waals surface area contributed by atoms with E-state index in [2.05, 4.69) is 19.6 Å². The molecule has 0 saturated carbocycles. The molecule has 0 aliphatic carbocycles. The standard InChI is InChI=1S/C17H18N4O3S2/c1-2-24-13-3-5-14(6-4-13)26(22,23)20-12-9-21(10-12)17-16-15(7-8-25-16)18-11-19-17/h3-8,11-12,20H,2,9-10H2,1H3. The van der Waals surface area contributed by atoms with Gasteiger partial charge in [0.25, 0.3) is 0 Å². The summed E-state index contributed by atoms with van der Waals surface area (Å²) in [5, 5.41) is 1.98. The Morgan fingerprint density at radius 3 is 2.73 bits per heavy atom. The van der Waals surface area contributed by atoms with Gasteiger partial charge in [-0.3, -0.25) is 0 Å². The van der Waals surface area contributed by atoms with Crippen LogP contribution in [0.3, 0.4) is 0 Å². The van der Waals surface area contributed by atoms with Crippen LogP contribution in [0.4, 0.5) is 5.82 Å². The van der Waals surface area contributed by atoms with Crippen molar-refractivity contribution < 1.29 is 13.2 Å². The normalized spacial score (nSPS) is 15.2. The summed E-state index contributed by atoms with van der Waals surface area (Å²) in [6.07, 6.45) is 1.54. The summed E-state index contributed by atoms with van der Waals surface area (Å²) in [5.41, 5.74) is 0.915. The number of nitrogens with zero attached hydrogens (tertiary/aromatic N) is 3. The maximum absolute atomic E-state index is 12.5. The van der Waals surface area contributed by atoms with Crippen LogP contribution in [0.5, 0.6) is 5.75 Å². The lowest BCUT2D eigenvalue weighted by molar-refractivity contribution is 0.340. The fourth-order valence-corrected chi connectivity index (χ4v) is 4.98. The molecule has 0 spiro atoms. The molecule has 1 aromatic carbocycles. The van der Waals surface area contributed by atoms with E-state index in [0.717, 1.165) is 16.0 Å². The van der Waals surface area contributed by atoms with E-state index in [1.54, 1.807) is 41.9 Å². The van der Waals surface area contributed by atoms with Crippen LogP contribution in [-0.4, -0.2) is 44.1 Å². The van der Waals surface area contributed by atoms with Gasteiger partial charge in [-0.05, 0) is 42.6 Å². The Kier molecular flexibility index (Phi) is 4.51. The van der Waals surface area contributed by atoms with Gasteiger partial charge >= 0.3 is 0 Å². The van der Waals surface area contributed by atoms with Gasteiger partial charge in [-0.25, -0.2) is 23.1 Å². The summed E-state index contributed by atoms with van der Waals surface area (Å²) in [5.74, 6) is 1.52. The highest BCUT2D eigenvalue weighted by Gasteiger charge is 2.32. The molecule has 26 heavy (non-hydrogen) atoms. The van der Waals surface area contributed by atoms with E-state index in [4.69, 9.17) is 4.74 Å². The van der Waals surface area contributed by atoms with Gasteiger partial charge in [0.15, 0.2) is 0 Å². The summed E-state index contributed by atoms with van der Waals surface area (Å²) < 4.78 is 34.2. The molecule has 0 unspecified atom stereocenters. The molecular weight excluding hydrogens is 372 g/mol. The zero-order valence-electron chi connectivity index (χ0n) is 14.1. The third kappa shape index (κ3) is 3.25. The van der Waals surface area contributed by atoms with Crippen LogP contribution in [-0.2, 0) is 10.0 Å². The minimum absolute atomic E-state index is 0.142. The number of anilines is 1. The topological polar surface area (TPSA) is 84.4 Å². The van der Waals surface area contributed by atoms with Gasteiger partial charge in [-0.2, -0.15) is 0 Å². The Hall–Kier alpha value is -2.23. The van der Waals surface area contributed by atoms with E-state index < -0.39 is 10.0 Å². The first kappa shape index (κ1) is 17.2. The second-order valence-electron chi connectivity index (χ2n) is 5.96. The van der Waals surface area contributed by atoms with Crippen molar-refractivity contribution in [1.29, 1.82) is 0 Å². The van der Waals surface area contributed by atoms with Gasteiger partial charge in [0.05, 0.1) is 27.8 Å². The number of ether oxygens (including phenoxy) is 1. The molecule has 3 aromatic rings. The summed E-state index contributed by atoms with van der Waals surface area (Å²) >= 11 is 1.59. The molecule has 1 N–H and O–H groups in total. The quantitative estimate of drug-likeness (QED) is 0.695. The summed E-state index contributed by atoms with van der Waals surface area (Å²) in [6, 6.07) is 8.26. The van der Waals surface area contributed by atoms with Crippen molar-refractivity contribution in [1.82, 2.24) is 14.7 Å². The number of fused-ring (bicyclic) bond motifs is 1. The fourth-order valence-electron chi connectivity index (χ4n) is 2.90. The van der Waals surface area contributed by atoms with E-state index in [-0.39, 0.29) is 10.9 Å². The molecule has 1 saturated heterocycles. The predicted octanol–water partition coefficient (Wildman–Crippen LogP) is 2.26. The van der Waals surface area contributed by atoms with Crippen molar-refractivity contribution in [3.8, 4) is 5.75 Å². The Labute approximate surface area is 155 Å². The molecule has 1 aliphatic heterocycles. The molecule has 0 radical (unpaired) electrons. The monoisotopic (exact) mass is 390 g/mol. The Morgan fingerprint density at radius 2 is 2.00 bits per heavy atom. The minimum Gasteiger partial charge on any atom is -0.494 e. The largest absolute Gasteiger partial charge is 0.494 e. The second-order valence-corrected chi connectivity index (χ2v) is 8.59. The number of rotatable bonds is 6. The molecule has 4 rings (SSSR count). The number of hydrogen-bond donors (Lipinski definition) is 1. The zero-order chi connectivity index (χ0) is 18.1. The summed E-state index contributed by atoms with van der Waals surface area (Å²) in [6.45, 7) is 3.60. The maximum Gasteiger partial charge on any atom is 0.240 e. The number of nitrogens with one attached hydrogen (secondary N) is 1. The highest BCUT2D eigenvalue weighted by Crippen LogP contribution is 2.30. The summed E-state index contributed by atoms with van der Waals surface area (Å²) in [4.78, 5) is 10.9. The van der Waals surface area contributed by atoms with E-state index in [1.165, 1.54) is 0 Å². The molecule has 7 nitrogen and oxygen atoms in total. The number of aromatic nitrogens is 2. The average molecular weight is 390 g/mol. The van der Waals surface area contributed by atoms with Crippen LogP contribution < -0.4 is 14.4 Å².